The van der Waals surface area contributed by atoms with Crippen LogP contribution in [0, 0.1) is 17.2 Å². The molecule has 1 atom stereocenters. The number of hydrogen-bond acceptors (Lipinski definition) is 5. The molecule has 2 amide bonds. The Balaban J connectivity index is 1.88. The monoisotopic (exact) mass is 493 g/mol. The van der Waals surface area contributed by atoms with E-state index in [4.69, 9.17) is 10.2 Å². The van der Waals surface area contributed by atoms with Gasteiger partial charge in [0.25, 0.3) is 5.91 Å². The van der Waals surface area contributed by atoms with Gasteiger partial charge in [0.1, 0.15) is 11.9 Å². The van der Waals surface area contributed by atoms with E-state index in [9.17, 15) is 9.59 Å². The van der Waals surface area contributed by atoms with Crippen LogP contribution >= 0.6 is 11.3 Å². The highest BCUT2D eigenvalue weighted by Gasteiger charge is 2.23. The van der Waals surface area contributed by atoms with Crippen molar-refractivity contribution in [1.29, 1.82) is 5.26 Å². The molecule has 35 heavy (non-hydrogen) atoms. The topological polar surface area (TPSA) is 99.8 Å². The lowest BCUT2D eigenvalue weighted by Gasteiger charge is -2.20. The molecule has 8 heteroatoms. The summed E-state index contributed by atoms with van der Waals surface area (Å²) in [6.07, 6.45) is 3.50. The van der Waals surface area contributed by atoms with Gasteiger partial charge in [-0.15, -0.1) is 11.3 Å². The average molecular weight is 494 g/mol. The highest BCUT2D eigenvalue weighted by atomic mass is 32.1. The molecule has 0 radical (unpaired) electrons. The van der Waals surface area contributed by atoms with Crippen LogP contribution in [0.1, 0.15) is 80.5 Å². The minimum atomic E-state index is -0.659. The average Bonchev–Trinajstić information content (AvgIpc) is 3.47. The number of nitriles is 1. The van der Waals surface area contributed by atoms with Crippen molar-refractivity contribution in [3.63, 3.8) is 0 Å². The van der Waals surface area contributed by atoms with Crippen LogP contribution in [-0.4, -0.2) is 34.0 Å². The summed E-state index contributed by atoms with van der Waals surface area (Å²) in [6.45, 7) is 8.66. The van der Waals surface area contributed by atoms with Crippen molar-refractivity contribution in [2.45, 2.75) is 71.9 Å². The minimum Gasteiger partial charge on any atom is -0.353 e. The highest BCUT2D eigenvalue weighted by molar-refractivity contribution is 7.09. The number of benzene rings is 1. The van der Waals surface area contributed by atoms with Gasteiger partial charge in [0, 0.05) is 29.4 Å². The van der Waals surface area contributed by atoms with Crippen LogP contribution in [-0.2, 0) is 11.2 Å². The second-order valence-electron chi connectivity index (χ2n) is 9.18. The molecule has 1 aromatic carbocycles. The summed E-state index contributed by atoms with van der Waals surface area (Å²) in [6, 6.07) is 11.5. The molecule has 0 unspecified atom stereocenters. The largest absolute Gasteiger partial charge is 0.353 e. The van der Waals surface area contributed by atoms with Crippen molar-refractivity contribution in [2.24, 2.45) is 5.92 Å². The maximum Gasteiger partial charge on any atom is 0.252 e. The Morgan fingerprint density at radius 1 is 1.20 bits per heavy atom. The van der Waals surface area contributed by atoms with Gasteiger partial charge in [-0.2, -0.15) is 5.26 Å². The third-order valence-electron chi connectivity index (χ3n) is 6.11. The molecule has 0 fully saturated rings. The first-order chi connectivity index (χ1) is 16.9. The van der Waals surface area contributed by atoms with Gasteiger partial charge in [0.2, 0.25) is 5.91 Å². The number of imidazole rings is 1. The molecule has 0 aliphatic rings. The van der Waals surface area contributed by atoms with Crippen LogP contribution in [0.5, 0.6) is 0 Å². The van der Waals surface area contributed by atoms with Gasteiger partial charge in [0.05, 0.1) is 23.5 Å². The number of fused-ring (bicyclic) bond motifs is 1. The van der Waals surface area contributed by atoms with Crippen LogP contribution in [0.25, 0.3) is 11.0 Å². The van der Waals surface area contributed by atoms with Crippen molar-refractivity contribution in [2.75, 3.05) is 6.54 Å². The molecule has 0 saturated heterocycles. The van der Waals surface area contributed by atoms with E-state index in [1.54, 1.807) is 11.3 Å². The maximum atomic E-state index is 13.1. The van der Waals surface area contributed by atoms with Gasteiger partial charge in [0.15, 0.2) is 0 Å². The summed E-state index contributed by atoms with van der Waals surface area (Å²) in [5, 5.41) is 16.4. The standard InChI is InChI=1S/C27H35N5O2S/c1-5-20(6-2)32-24-11-10-19(16-22(24)30-25(32)17-21-9-7-14-35-21)26(33)31-23(15-18(3)4)27(34)29-13-8-12-28/h7,9-11,14,16,18,20,23H,5-6,8,13,15,17H2,1-4H3,(H,29,34)(H,31,33)/t23-/m0/s1. The summed E-state index contributed by atoms with van der Waals surface area (Å²) >= 11 is 1.72. The number of nitrogens with one attached hydrogen (secondary N) is 2. The second-order valence-corrected chi connectivity index (χ2v) is 10.2. The molecular formula is C27H35N5O2S. The van der Waals surface area contributed by atoms with Gasteiger partial charge in [-0.3, -0.25) is 9.59 Å². The van der Waals surface area contributed by atoms with Crippen molar-refractivity contribution >= 4 is 34.2 Å². The molecule has 0 saturated carbocycles. The molecule has 0 spiro atoms. The Bertz CT molecular complexity index is 1170. The lowest BCUT2D eigenvalue weighted by molar-refractivity contribution is -0.123. The van der Waals surface area contributed by atoms with Gasteiger partial charge in [-0.05, 0) is 54.8 Å². The summed E-state index contributed by atoms with van der Waals surface area (Å²) < 4.78 is 2.32. The molecule has 7 nitrogen and oxygen atoms in total. The van der Waals surface area contributed by atoms with Crippen LogP contribution in [0.3, 0.4) is 0 Å². The highest BCUT2D eigenvalue weighted by Crippen LogP contribution is 2.28. The van der Waals surface area contributed by atoms with Crippen LogP contribution in [0.4, 0.5) is 0 Å². The predicted octanol–water partition coefficient (Wildman–Crippen LogP) is 5.22. The number of carbonyl (C=O) groups is 2. The van der Waals surface area contributed by atoms with Gasteiger partial charge < -0.3 is 15.2 Å². The Labute approximate surface area is 211 Å². The van der Waals surface area contributed by atoms with E-state index in [0.29, 0.717) is 18.0 Å². The van der Waals surface area contributed by atoms with Gasteiger partial charge >= 0.3 is 0 Å². The summed E-state index contributed by atoms with van der Waals surface area (Å²) in [5.74, 6) is 0.660. The lowest BCUT2D eigenvalue weighted by Crippen LogP contribution is -2.47. The number of aromatic nitrogens is 2. The van der Waals surface area contributed by atoms with Crippen LogP contribution in [0.2, 0.25) is 0 Å². The lowest BCUT2D eigenvalue weighted by atomic mass is 10.0. The molecule has 0 aliphatic heterocycles. The van der Waals surface area contributed by atoms with Crippen LogP contribution in [0.15, 0.2) is 35.7 Å². The Hall–Kier alpha value is -3.18. The Kier molecular flexibility index (Phi) is 9.44. The normalized spacial score (nSPS) is 12.1. The molecule has 0 aliphatic carbocycles. The number of hydrogen-bond donors (Lipinski definition) is 2. The number of amides is 2. The zero-order valence-corrected chi connectivity index (χ0v) is 21.8. The third kappa shape index (κ3) is 6.70. The van der Waals surface area contributed by atoms with E-state index in [1.807, 2.05) is 38.1 Å². The predicted molar refractivity (Wildman–Crippen MR) is 140 cm³/mol. The fourth-order valence-corrected chi connectivity index (χ4v) is 5.06. The molecule has 2 N–H and O–H groups in total. The zero-order valence-electron chi connectivity index (χ0n) is 21.0. The van der Waals surface area contributed by atoms with E-state index in [-0.39, 0.29) is 30.7 Å². The third-order valence-corrected chi connectivity index (χ3v) is 6.99. The van der Waals surface area contributed by atoms with Crippen molar-refractivity contribution in [3.05, 3.63) is 52.0 Å². The maximum absolute atomic E-state index is 13.1. The molecule has 186 valence electrons. The minimum absolute atomic E-state index is 0.222. The second kappa shape index (κ2) is 12.5. The summed E-state index contributed by atoms with van der Waals surface area (Å²) in [5.41, 5.74) is 2.29. The fourth-order valence-electron chi connectivity index (χ4n) is 4.35. The Morgan fingerprint density at radius 3 is 2.60 bits per heavy atom. The molecule has 3 rings (SSSR count). The van der Waals surface area contributed by atoms with Crippen molar-refractivity contribution in [1.82, 2.24) is 20.2 Å². The zero-order chi connectivity index (χ0) is 25.4. The van der Waals surface area contributed by atoms with Crippen molar-refractivity contribution < 1.29 is 9.59 Å². The van der Waals surface area contributed by atoms with E-state index in [2.05, 4.69) is 46.6 Å². The number of thiophene rings is 1. The quantitative estimate of drug-likeness (QED) is 0.338. The first kappa shape index (κ1) is 26.4. The van der Waals surface area contributed by atoms with Gasteiger partial charge in [-0.25, -0.2) is 4.98 Å². The first-order valence-electron chi connectivity index (χ1n) is 12.4. The fraction of sp³-hybridized carbons (Fsp3) is 0.481. The number of rotatable bonds is 12. The smallest absolute Gasteiger partial charge is 0.252 e. The molecule has 2 aromatic heterocycles. The van der Waals surface area contributed by atoms with E-state index >= 15 is 0 Å². The molecular weight excluding hydrogens is 458 g/mol. The van der Waals surface area contributed by atoms with E-state index in [1.165, 1.54) is 4.88 Å². The van der Waals surface area contributed by atoms with Gasteiger partial charge in [-0.1, -0.05) is 33.8 Å². The van der Waals surface area contributed by atoms with Crippen molar-refractivity contribution in [3.8, 4) is 6.07 Å². The van der Waals surface area contributed by atoms with E-state index < -0.39 is 6.04 Å². The number of carbonyl (C=O) groups excluding carboxylic acids is 2. The summed E-state index contributed by atoms with van der Waals surface area (Å²) in [4.78, 5) is 31.9. The number of nitrogens with zero attached hydrogens (tertiary/aromatic N) is 3. The molecule has 0 bridgehead atoms. The molecule has 3 aromatic rings. The van der Waals surface area contributed by atoms with E-state index in [0.717, 1.165) is 36.1 Å². The van der Waals surface area contributed by atoms with Crippen LogP contribution < -0.4 is 10.6 Å². The SMILES string of the molecule is CCC(CC)n1c(Cc2cccs2)nc2cc(C(=O)N[C@@H](CC(C)C)C(=O)NCCC#N)ccc21. The first-order valence-corrected chi connectivity index (χ1v) is 13.2. The summed E-state index contributed by atoms with van der Waals surface area (Å²) in [7, 11) is 0. The molecule has 2 heterocycles. The Morgan fingerprint density at radius 2 is 1.97 bits per heavy atom.